The van der Waals surface area contributed by atoms with Gasteiger partial charge in [-0.1, -0.05) is 13.0 Å². The topological polar surface area (TPSA) is 53.2 Å². The Morgan fingerprint density at radius 3 is 2.81 bits per heavy atom. The molecule has 16 heavy (non-hydrogen) atoms. The van der Waals surface area contributed by atoms with Crippen LogP contribution in [0.25, 0.3) is 0 Å². The third-order valence-electron chi connectivity index (χ3n) is 2.39. The molecule has 0 aromatic heterocycles. The van der Waals surface area contributed by atoms with Crippen molar-refractivity contribution in [2.45, 2.75) is 25.9 Å². The van der Waals surface area contributed by atoms with Crippen LogP contribution in [0.1, 0.15) is 25.8 Å². The van der Waals surface area contributed by atoms with Crippen LogP contribution < -0.4 is 4.74 Å². The van der Waals surface area contributed by atoms with Crippen molar-refractivity contribution in [1.82, 2.24) is 0 Å². The van der Waals surface area contributed by atoms with Crippen molar-refractivity contribution in [3.63, 3.8) is 0 Å². The van der Waals surface area contributed by atoms with Gasteiger partial charge in [0.15, 0.2) is 0 Å². The largest absolute Gasteiger partial charge is 0.489 e. The van der Waals surface area contributed by atoms with Crippen molar-refractivity contribution >= 4 is 0 Å². The van der Waals surface area contributed by atoms with Gasteiger partial charge in [-0.15, -0.1) is 0 Å². The lowest BCUT2D eigenvalue weighted by Gasteiger charge is -2.21. The number of nitrogens with zero attached hydrogens (tertiary/aromatic N) is 1. The van der Waals surface area contributed by atoms with Gasteiger partial charge >= 0.3 is 0 Å². The monoisotopic (exact) mass is 223 g/mol. The summed E-state index contributed by atoms with van der Waals surface area (Å²) in [4.78, 5) is 0. The van der Waals surface area contributed by atoms with Gasteiger partial charge in [0.1, 0.15) is 29.8 Å². The maximum Gasteiger partial charge on any atom is 0.144 e. The van der Waals surface area contributed by atoms with Crippen molar-refractivity contribution in [3.05, 3.63) is 29.6 Å². The zero-order valence-electron chi connectivity index (χ0n) is 9.33. The molecule has 0 aliphatic carbocycles. The van der Waals surface area contributed by atoms with Crippen molar-refractivity contribution in [1.29, 1.82) is 5.26 Å². The van der Waals surface area contributed by atoms with Gasteiger partial charge in [-0.25, -0.2) is 4.39 Å². The zero-order chi connectivity index (χ0) is 12.2. The SMILES string of the molecule is CCC(C)(O)COc1cccc(F)c1C#N. The number of halogens is 1. The predicted octanol–water partition coefficient (Wildman–Crippen LogP) is 2.24. The first kappa shape index (κ1) is 12.5. The Labute approximate surface area is 94.1 Å². The number of rotatable bonds is 4. The van der Waals surface area contributed by atoms with Gasteiger partial charge in [0.2, 0.25) is 0 Å². The first-order valence-electron chi connectivity index (χ1n) is 5.04. The van der Waals surface area contributed by atoms with Gasteiger partial charge in [0.05, 0.1) is 5.60 Å². The van der Waals surface area contributed by atoms with Crippen molar-refractivity contribution in [2.24, 2.45) is 0 Å². The summed E-state index contributed by atoms with van der Waals surface area (Å²) in [5.41, 5.74) is -1.10. The van der Waals surface area contributed by atoms with E-state index in [9.17, 15) is 9.50 Å². The van der Waals surface area contributed by atoms with E-state index in [1.165, 1.54) is 18.2 Å². The second kappa shape index (κ2) is 4.95. The molecule has 0 radical (unpaired) electrons. The first-order chi connectivity index (χ1) is 7.50. The average Bonchev–Trinajstić information content (AvgIpc) is 2.26. The molecule has 3 nitrogen and oxygen atoms in total. The maximum atomic E-state index is 13.2. The molecule has 1 atom stereocenters. The highest BCUT2D eigenvalue weighted by Crippen LogP contribution is 2.22. The van der Waals surface area contributed by atoms with E-state index in [4.69, 9.17) is 10.00 Å². The number of ether oxygens (including phenoxy) is 1. The van der Waals surface area contributed by atoms with Crippen LogP contribution in [-0.4, -0.2) is 17.3 Å². The molecule has 0 bridgehead atoms. The lowest BCUT2D eigenvalue weighted by atomic mass is 10.1. The fourth-order valence-electron chi connectivity index (χ4n) is 1.07. The molecule has 0 aliphatic heterocycles. The number of benzene rings is 1. The van der Waals surface area contributed by atoms with Crippen LogP contribution in [0.15, 0.2) is 18.2 Å². The summed E-state index contributed by atoms with van der Waals surface area (Å²) < 4.78 is 18.4. The number of hydrogen-bond acceptors (Lipinski definition) is 3. The molecule has 0 fully saturated rings. The van der Waals surface area contributed by atoms with E-state index in [2.05, 4.69) is 0 Å². The summed E-state index contributed by atoms with van der Waals surface area (Å²) in [5.74, 6) is -0.452. The third-order valence-corrected chi connectivity index (χ3v) is 2.39. The smallest absolute Gasteiger partial charge is 0.144 e. The summed E-state index contributed by atoms with van der Waals surface area (Å²) in [7, 11) is 0. The highest BCUT2D eigenvalue weighted by atomic mass is 19.1. The third kappa shape index (κ3) is 2.94. The first-order valence-corrected chi connectivity index (χ1v) is 5.04. The van der Waals surface area contributed by atoms with Gasteiger partial charge in [0, 0.05) is 0 Å². The number of nitriles is 1. The highest BCUT2D eigenvalue weighted by molar-refractivity contribution is 5.43. The van der Waals surface area contributed by atoms with Gasteiger partial charge in [0.25, 0.3) is 0 Å². The zero-order valence-corrected chi connectivity index (χ0v) is 9.33. The summed E-state index contributed by atoms with van der Waals surface area (Å²) in [6, 6.07) is 5.91. The maximum absolute atomic E-state index is 13.2. The Bertz CT molecular complexity index is 410. The lowest BCUT2D eigenvalue weighted by Crippen LogP contribution is -2.31. The molecule has 86 valence electrons. The standard InChI is InChI=1S/C12H14FNO2/c1-3-12(2,15)8-16-11-6-4-5-10(13)9(11)7-14/h4-6,15H,3,8H2,1-2H3. The molecule has 1 N–H and O–H groups in total. The Hall–Kier alpha value is -1.60. The van der Waals surface area contributed by atoms with Gasteiger partial charge in [-0.05, 0) is 25.5 Å². The average molecular weight is 223 g/mol. The van der Waals surface area contributed by atoms with E-state index in [-0.39, 0.29) is 17.9 Å². The fourth-order valence-corrected chi connectivity index (χ4v) is 1.07. The van der Waals surface area contributed by atoms with Crippen molar-refractivity contribution < 1.29 is 14.2 Å². The van der Waals surface area contributed by atoms with E-state index in [0.717, 1.165) is 0 Å². The molecule has 1 unspecified atom stereocenters. The number of aliphatic hydroxyl groups is 1. The molecule has 4 heteroatoms. The second-order valence-corrected chi connectivity index (χ2v) is 3.86. The molecule has 0 heterocycles. The van der Waals surface area contributed by atoms with Crippen LogP contribution in [0.3, 0.4) is 0 Å². The predicted molar refractivity (Wildman–Crippen MR) is 57.5 cm³/mol. The minimum absolute atomic E-state index is 0.0294. The minimum Gasteiger partial charge on any atom is -0.489 e. The fraction of sp³-hybridized carbons (Fsp3) is 0.417. The quantitative estimate of drug-likeness (QED) is 0.851. The summed E-state index contributed by atoms with van der Waals surface area (Å²) in [6.45, 7) is 3.47. The summed E-state index contributed by atoms with van der Waals surface area (Å²) in [6.07, 6.45) is 0.518. The Morgan fingerprint density at radius 2 is 2.25 bits per heavy atom. The molecule has 1 aromatic rings. The molecule has 0 aliphatic rings. The van der Waals surface area contributed by atoms with Crippen LogP contribution in [0.2, 0.25) is 0 Å². The molecule has 0 spiro atoms. The van der Waals surface area contributed by atoms with Crippen LogP contribution in [0.5, 0.6) is 5.75 Å². The Morgan fingerprint density at radius 1 is 1.56 bits per heavy atom. The lowest BCUT2D eigenvalue weighted by molar-refractivity contribution is 0.00828. The molecular weight excluding hydrogens is 209 g/mol. The molecule has 0 saturated carbocycles. The summed E-state index contributed by atoms with van der Waals surface area (Å²) >= 11 is 0. The molecule has 0 amide bonds. The van der Waals surface area contributed by atoms with E-state index in [1.54, 1.807) is 13.0 Å². The van der Waals surface area contributed by atoms with E-state index >= 15 is 0 Å². The van der Waals surface area contributed by atoms with Crippen LogP contribution in [-0.2, 0) is 0 Å². The van der Waals surface area contributed by atoms with Crippen LogP contribution >= 0.6 is 0 Å². The summed E-state index contributed by atoms with van der Waals surface area (Å²) in [5, 5.41) is 18.5. The van der Waals surface area contributed by atoms with Crippen LogP contribution in [0.4, 0.5) is 4.39 Å². The second-order valence-electron chi connectivity index (χ2n) is 3.86. The van der Waals surface area contributed by atoms with Crippen molar-refractivity contribution in [2.75, 3.05) is 6.61 Å². The van der Waals surface area contributed by atoms with Gasteiger partial charge in [-0.3, -0.25) is 0 Å². The minimum atomic E-state index is -0.973. The molecule has 0 saturated heterocycles. The van der Waals surface area contributed by atoms with Gasteiger partial charge in [-0.2, -0.15) is 5.26 Å². The molecular formula is C12H14FNO2. The van der Waals surface area contributed by atoms with Gasteiger partial charge < -0.3 is 9.84 Å². The van der Waals surface area contributed by atoms with Crippen LogP contribution in [0, 0.1) is 17.1 Å². The van der Waals surface area contributed by atoms with Crippen molar-refractivity contribution in [3.8, 4) is 11.8 Å². The molecule has 1 aromatic carbocycles. The highest BCUT2D eigenvalue weighted by Gasteiger charge is 2.19. The Balaban J connectivity index is 2.83. The van der Waals surface area contributed by atoms with E-state index in [0.29, 0.717) is 6.42 Å². The van der Waals surface area contributed by atoms with E-state index in [1.807, 2.05) is 6.92 Å². The number of hydrogen-bond donors (Lipinski definition) is 1. The Kier molecular flexibility index (Phi) is 3.86. The molecule has 1 rings (SSSR count). The van der Waals surface area contributed by atoms with E-state index < -0.39 is 11.4 Å². The normalized spacial score (nSPS) is 13.9.